The second kappa shape index (κ2) is 7.70. The Morgan fingerprint density at radius 2 is 1.96 bits per heavy atom. The molecule has 0 N–H and O–H groups in total. The summed E-state index contributed by atoms with van der Waals surface area (Å²) in [5.41, 5.74) is 1.97. The standard InChI is InChI=1S/C20H18N2O3S2/c1-12-11-26-19(21-12)20-22-17-8-7-16(9-18(17)27-20)24-10-14-3-5-15(6-4-14)25-13(2)23/h3-9,12H,10-11H2,1-2H3. The van der Waals surface area contributed by atoms with Gasteiger partial charge >= 0.3 is 5.97 Å². The molecule has 2 heterocycles. The molecule has 1 atom stereocenters. The molecule has 0 saturated carbocycles. The van der Waals surface area contributed by atoms with Gasteiger partial charge in [0, 0.05) is 12.7 Å². The lowest BCUT2D eigenvalue weighted by Gasteiger charge is -2.07. The van der Waals surface area contributed by atoms with Gasteiger partial charge in [-0.15, -0.1) is 23.1 Å². The van der Waals surface area contributed by atoms with Crippen LogP contribution in [0.2, 0.25) is 0 Å². The minimum absolute atomic E-state index is 0.326. The van der Waals surface area contributed by atoms with E-state index < -0.39 is 0 Å². The van der Waals surface area contributed by atoms with Gasteiger partial charge in [-0.2, -0.15) is 0 Å². The second-order valence-corrected chi connectivity index (χ2v) is 8.31. The Hall–Kier alpha value is -2.38. The third-order valence-corrected chi connectivity index (χ3v) is 6.31. The number of benzene rings is 2. The van der Waals surface area contributed by atoms with Crippen molar-refractivity contribution in [1.29, 1.82) is 0 Å². The number of carbonyl (C=O) groups is 1. The zero-order valence-corrected chi connectivity index (χ0v) is 16.6. The number of rotatable bonds is 5. The third kappa shape index (κ3) is 4.31. The summed E-state index contributed by atoms with van der Waals surface area (Å²) in [5, 5.41) is 2.02. The lowest BCUT2D eigenvalue weighted by Crippen LogP contribution is -2.01. The molecule has 1 aliphatic rings. The molecule has 1 unspecified atom stereocenters. The summed E-state index contributed by atoms with van der Waals surface area (Å²) in [4.78, 5) is 20.3. The van der Waals surface area contributed by atoms with Crippen molar-refractivity contribution >= 4 is 44.3 Å². The smallest absolute Gasteiger partial charge is 0.308 e. The first kappa shape index (κ1) is 18.0. The fourth-order valence-corrected chi connectivity index (χ4v) is 4.75. The van der Waals surface area contributed by atoms with Crippen LogP contribution in [-0.4, -0.2) is 27.8 Å². The lowest BCUT2D eigenvalue weighted by atomic mass is 10.2. The first-order valence-corrected chi connectivity index (χ1v) is 10.4. The third-order valence-electron chi connectivity index (χ3n) is 3.93. The van der Waals surface area contributed by atoms with Gasteiger partial charge in [0.2, 0.25) is 0 Å². The number of aliphatic imine (C=N–C) groups is 1. The van der Waals surface area contributed by atoms with E-state index in [1.165, 1.54) is 6.92 Å². The highest BCUT2D eigenvalue weighted by molar-refractivity contribution is 8.15. The summed E-state index contributed by atoms with van der Waals surface area (Å²) in [6.07, 6.45) is 0. The van der Waals surface area contributed by atoms with Crippen molar-refractivity contribution in [2.75, 3.05) is 5.75 Å². The maximum Gasteiger partial charge on any atom is 0.308 e. The van der Waals surface area contributed by atoms with Crippen molar-refractivity contribution in [3.05, 3.63) is 53.0 Å². The van der Waals surface area contributed by atoms with Crippen LogP contribution in [0.25, 0.3) is 10.2 Å². The highest BCUT2D eigenvalue weighted by atomic mass is 32.2. The van der Waals surface area contributed by atoms with Crippen LogP contribution in [0.3, 0.4) is 0 Å². The average Bonchev–Trinajstić information content (AvgIpc) is 3.26. The Labute approximate surface area is 165 Å². The number of carbonyl (C=O) groups excluding carboxylic acids is 1. The van der Waals surface area contributed by atoms with E-state index in [0.717, 1.165) is 37.3 Å². The van der Waals surface area contributed by atoms with Crippen molar-refractivity contribution in [1.82, 2.24) is 4.98 Å². The number of ether oxygens (including phenoxy) is 2. The van der Waals surface area contributed by atoms with Crippen LogP contribution in [0.15, 0.2) is 47.5 Å². The van der Waals surface area contributed by atoms with Gasteiger partial charge in [0.15, 0.2) is 0 Å². The zero-order chi connectivity index (χ0) is 18.8. The molecular weight excluding hydrogens is 380 g/mol. The van der Waals surface area contributed by atoms with Gasteiger partial charge in [-0.05, 0) is 42.8 Å². The molecule has 0 saturated heterocycles. The molecule has 3 aromatic rings. The Bertz CT molecular complexity index is 1010. The van der Waals surface area contributed by atoms with Crippen LogP contribution >= 0.6 is 23.1 Å². The van der Waals surface area contributed by atoms with Crippen LogP contribution in [0.1, 0.15) is 24.4 Å². The van der Waals surface area contributed by atoms with Crippen LogP contribution in [0.5, 0.6) is 11.5 Å². The van der Waals surface area contributed by atoms with Gasteiger partial charge in [0.05, 0.1) is 16.3 Å². The number of hydrogen-bond donors (Lipinski definition) is 0. The molecule has 4 rings (SSSR count). The molecule has 1 aromatic heterocycles. The zero-order valence-electron chi connectivity index (χ0n) is 15.0. The molecule has 27 heavy (non-hydrogen) atoms. The van der Waals surface area contributed by atoms with Gasteiger partial charge in [-0.1, -0.05) is 12.1 Å². The highest BCUT2D eigenvalue weighted by Gasteiger charge is 2.19. The van der Waals surface area contributed by atoms with E-state index >= 15 is 0 Å². The lowest BCUT2D eigenvalue weighted by molar-refractivity contribution is -0.131. The molecule has 1 aliphatic heterocycles. The second-order valence-electron chi connectivity index (χ2n) is 6.27. The van der Waals surface area contributed by atoms with Crippen LogP contribution in [0.4, 0.5) is 0 Å². The first-order chi connectivity index (χ1) is 13.1. The number of hydrogen-bond acceptors (Lipinski definition) is 7. The fraction of sp³-hybridized carbons (Fsp3) is 0.250. The van der Waals surface area contributed by atoms with Gasteiger partial charge in [-0.3, -0.25) is 9.79 Å². The van der Waals surface area contributed by atoms with Crippen LogP contribution in [0, 0.1) is 0 Å². The summed E-state index contributed by atoms with van der Waals surface area (Å²) in [6.45, 7) is 3.95. The number of nitrogens with zero attached hydrogens (tertiary/aromatic N) is 2. The van der Waals surface area contributed by atoms with Gasteiger partial charge in [0.1, 0.15) is 28.2 Å². The van der Waals surface area contributed by atoms with E-state index in [2.05, 4.69) is 11.9 Å². The molecule has 138 valence electrons. The maximum absolute atomic E-state index is 11.0. The molecule has 5 nitrogen and oxygen atoms in total. The van der Waals surface area contributed by atoms with E-state index in [9.17, 15) is 4.79 Å². The first-order valence-electron chi connectivity index (χ1n) is 8.58. The monoisotopic (exact) mass is 398 g/mol. The summed E-state index contributed by atoms with van der Waals surface area (Å²) in [6, 6.07) is 13.6. The Kier molecular flexibility index (Phi) is 5.13. The van der Waals surface area contributed by atoms with E-state index in [1.807, 2.05) is 30.3 Å². The van der Waals surface area contributed by atoms with E-state index in [4.69, 9.17) is 14.5 Å². The van der Waals surface area contributed by atoms with Crippen molar-refractivity contribution in [2.45, 2.75) is 26.5 Å². The molecule has 2 aromatic carbocycles. The summed E-state index contributed by atoms with van der Waals surface area (Å²) < 4.78 is 12.0. The molecular formula is C20H18N2O3S2. The molecule has 0 radical (unpaired) electrons. The highest BCUT2D eigenvalue weighted by Crippen LogP contribution is 2.31. The SMILES string of the molecule is CC(=O)Oc1ccc(COc2ccc3nc(C4=NC(C)CS4)sc3c2)cc1. The molecule has 0 aliphatic carbocycles. The fourth-order valence-electron chi connectivity index (χ4n) is 2.66. The molecule has 7 heteroatoms. The van der Waals surface area contributed by atoms with Gasteiger partial charge < -0.3 is 9.47 Å². The van der Waals surface area contributed by atoms with Crippen molar-refractivity contribution in [3.8, 4) is 11.5 Å². The largest absolute Gasteiger partial charge is 0.489 e. The predicted molar refractivity (Wildman–Crippen MR) is 110 cm³/mol. The van der Waals surface area contributed by atoms with E-state index in [1.54, 1.807) is 35.2 Å². The number of thioether (sulfide) groups is 1. The molecule has 0 bridgehead atoms. The summed E-state index contributed by atoms with van der Waals surface area (Å²) in [7, 11) is 0. The van der Waals surface area contributed by atoms with Crippen LogP contribution in [-0.2, 0) is 11.4 Å². The van der Waals surface area contributed by atoms with Gasteiger partial charge in [0.25, 0.3) is 0 Å². The Balaban J connectivity index is 1.44. The minimum Gasteiger partial charge on any atom is -0.489 e. The molecule has 0 amide bonds. The normalized spacial score (nSPS) is 16.4. The summed E-state index contributed by atoms with van der Waals surface area (Å²) in [5.74, 6) is 2.03. The number of fused-ring (bicyclic) bond motifs is 1. The topological polar surface area (TPSA) is 60.8 Å². The van der Waals surface area contributed by atoms with Gasteiger partial charge in [-0.25, -0.2) is 4.98 Å². The Morgan fingerprint density at radius 3 is 2.67 bits per heavy atom. The average molecular weight is 399 g/mol. The predicted octanol–water partition coefficient (Wildman–Crippen LogP) is 4.68. The van der Waals surface area contributed by atoms with Crippen molar-refractivity contribution < 1.29 is 14.3 Å². The van der Waals surface area contributed by atoms with E-state index in [-0.39, 0.29) is 5.97 Å². The maximum atomic E-state index is 11.0. The van der Waals surface area contributed by atoms with Crippen molar-refractivity contribution in [3.63, 3.8) is 0 Å². The minimum atomic E-state index is -0.326. The Morgan fingerprint density at radius 1 is 1.19 bits per heavy atom. The van der Waals surface area contributed by atoms with E-state index in [0.29, 0.717) is 18.4 Å². The number of aromatic nitrogens is 1. The van der Waals surface area contributed by atoms with Crippen molar-refractivity contribution in [2.24, 2.45) is 4.99 Å². The summed E-state index contributed by atoms with van der Waals surface area (Å²) >= 11 is 3.42. The molecule has 0 spiro atoms. The molecule has 0 fully saturated rings. The number of thiazole rings is 1. The number of esters is 1. The van der Waals surface area contributed by atoms with Crippen LogP contribution < -0.4 is 9.47 Å². The quantitative estimate of drug-likeness (QED) is 0.461.